The molecule has 1 saturated carbocycles. The molecule has 0 bridgehead atoms. The Morgan fingerprint density at radius 1 is 1.37 bits per heavy atom. The number of hydrogen-bond acceptors (Lipinski definition) is 5. The molecule has 0 aromatic carbocycles. The number of thiazole rings is 1. The lowest BCUT2D eigenvalue weighted by Gasteiger charge is -2.24. The van der Waals surface area contributed by atoms with Crippen molar-refractivity contribution in [2.45, 2.75) is 51.2 Å². The maximum absolute atomic E-state index is 12.0. The summed E-state index contributed by atoms with van der Waals surface area (Å²) < 4.78 is 0. The van der Waals surface area contributed by atoms with Crippen LogP contribution >= 0.6 is 11.3 Å². The summed E-state index contributed by atoms with van der Waals surface area (Å²) in [6.07, 6.45) is 6.07. The van der Waals surface area contributed by atoms with E-state index in [2.05, 4.69) is 15.2 Å². The molecule has 0 unspecified atom stereocenters. The van der Waals surface area contributed by atoms with Gasteiger partial charge in [-0.2, -0.15) is 0 Å². The van der Waals surface area contributed by atoms with E-state index in [1.807, 2.05) is 0 Å². The topological polar surface area (TPSA) is 71.2 Å². The average Bonchev–Trinajstić information content (AvgIpc) is 2.86. The molecule has 1 fully saturated rings. The zero-order chi connectivity index (χ0) is 13.2. The number of nitrogen functional groups attached to an aromatic ring is 1. The van der Waals surface area contributed by atoms with Crippen LogP contribution < -0.4 is 11.1 Å². The molecule has 3 N–H and O–H groups in total. The summed E-state index contributed by atoms with van der Waals surface area (Å²) in [5.74, 6) is 0.148. The van der Waals surface area contributed by atoms with Crippen LogP contribution in [0.3, 0.4) is 0 Å². The summed E-state index contributed by atoms with van der Waals surface area (Å²) in [4.78, 5) is 19.6. The molecular formula is C13H20N4OS. The van der Waals surface area contributed by atoms with Gasteiger partial charge in [-0.3, -0.25) is 9.69 Å². The van der Waals surface area contributed by atoms with Crippen LogP contribution in [0.1, 0.15) is 42.7 Å². The fourth-order valence-corrected chi connectivity index (χ4v) is 3.84. The standard InChI is InChI=1S/C13H20N4OS/c14-13-16-10-6-17(7-11(10)19-13)8-12(18)15-9-4-2-1-3-5-9/h9H,1-8H2,(H2,14,16)(H,15,18). The molecule has 0 atom stereocenters. The third-order valence-corrected chi connectivity index (χ3v) is 4.78. The van der Waals surface area contributed by atoms with Gasteiger partial charge in [-0.15, -0.1) is 11.3 Å². The number of aromatic nitrogens is 1. The van der Waals surface area contributed by atoms with Crippen LogP contribution in [0.5, 0.6) is 0 Å². The molecule has 6 heteroatoms. The Kier molecular flexibility index (Phi) is 3.70. The summed E-state index contributed by atoms with van der Waals surface area (Å²) in [5, 5.41) is 3.79. The van der Waals surface area contributed by atoms with Gasteiger partial charge >= 0.3 is 0 Å². The molecule has 2 heterocycles. The van der Waals surface area contributed by atoms with Crippen LogP contribution in [0, 0.1) is 0 Å². The predicted molar refractivity (Wildman–Crippen MR) is 75.7 cm³/mol. The van der Waals surface area contributed by atoms with Gasteiger partial charge in [0.15, 0.2) is 5.13 Å². The number of fused-ring (bicyclic) bond motifs is 1. The Balaban J connectivity index is 1.47. The molecule has 2 aliphatic rings. The quantitative estimate of drug-likeness (QED) is 0.880. The highest BCUT2D eigenvalue weighted by atomic mass is 32.1. The maximum atomic E-state index is 12.0. The molecule has 0 spiro atoms. The van der Waals surface area contributed by atoms with E-state index in [9.17, 15) is 4.79 Å². The third-order valence-electron chi connectivity index (χ3n) is 3.87. The van der Waals surface area contributed by atoms with Crippen molar-refractivity contribution in [3.8, 4) is 0 Å². The number of nitrogens with zero attached hydrogens (tertiary/aromatic N) is 2. The molecule has 104 valence electrons. The Morgan fingerprint density at radius 2 is 2.16 bits per heavy atom. The first-order chi connectivity index (χ1) is 9.20. The van der Waals surface area contributed by atoms with Crippen LogP contribution in [-0.2, 0) is 17.9 Å². The molecule has 1 aromatic rings. The minimum Gasteiger partial charge on any atom is -0.375 e. The van der Waals surface area contributed by atoms with Crippen molar-refractivity contribution < 1.29 is 4.79 Å². The Bertz CT molecular complexity index is 444. The minimum atomic E-state index is 0.148. The van der Waals surface area contributed by atoms with Gasteiger partial charge in [-0.25, -0.2) is 4.98 Å². The molecule has 3 rings (SSSR count). The van der Waals surface area contributed by atoms with Gasteiger partial charge in [0.1, 0.15) is 0 Å². The summed E-state index contributed by atoms with van der Waals surface area (Å²) >= 11 is 1.54. The zero-order valence-corrected chi connectivity index (χ0v) is 11.8. The smallest absolute Gasteiger partial charge is 0.234 e. The van der Waals surface area contributed by atoms with E-state index in [1.54, 1.807) is 0 Å². The van der Waals surface area contributed by atoms with Crippen molar-refractivity contribution in [1.82, 2.24) is 15.2 Å². The molecule has 19 heavy (non-hydrogen) atoms. The van der Waals surface area contributed by atoms with E-state index in [1.165, 1.54) is 35.5 Å². The molecule has 1 aliphatic carbocycles. The Hall–Kier alpha value is -1.14. The van der Waals surface area contributed by atoms with Crippen molar-refractivity contribution in [3.63, 3.8) is 0 Å². The van der Waals surface area contributed by atoms with Gasteiger partial charge in [0.2, 0.25) is 5.91 Å². The monoisotopic (exact) mass is 280 g/mol. The van der Waals surface area contributed by atoms with Gasteiger partial charge in [0.05, 0.1) is 12.2 Å². The summed E-state index contributed by atoms with van der Waals surface area (Å²) in [7, 11) is 0. The third kappa shape index (κ3) is 3.06. The molecule has 1 aromatic heterocycles. The van der Waals surface area contributed by atoms with E-state index < -0.39 is 0 Å². The molecule has 1 aliphatic heterocycles. The molecule has 0 radical (unpaired) electrons. The SMILES string of the molecule is Nc1nc2c(s1)CN(CC(=O)NC1CCCCC1)C2. The first-order valence-corrected chi connectivity index (χ1v) is 7.78. The molecule has 0 saturated heterocycles. The molecular weight excluding hydrogens is 260 g/mol. The molecule has 5 nitrogen and oxygen atoms in total. The fraction of sp³-hybridized carbons (Fsp3) is 0.692. The lowest BCUT2D eigenvalue weighted by molar-refractivity contribution is -0.123. The van der Waals surface area contributed by atoms with Crippen molar-refractivity contribution in [1.29, 1.82) is 0 Å². The minimum absolute atomic E-state index is 0.148. The van der Waals surface area contributed by atoms with Crippen molar-refractivity contribution in [3.05, 3.63) is 10.6 Å². The van der Waals surface area contributed by atoms with Gasteiger partial charge < -0.3 is 11.1 Å². The highest BCUT2D eigenvalue weighted by Crippen LogP contribution is 2.29. The normalized spacial score (nSPS) is 20.4. The second-order valence-corrected chi connectivity index (χ2v) is 6.58. The number of amides is 1. The second kappa shape index (κ2) is 5.46. The number of carbonyl (C=O) groups is 1. The van der Waals surface area contributed by atoms with E-state index in [0.717, 1.165) is 31.6 Å². The van der Waals surface area contributed by atoms with Crippen LogP contribution in [0.2, 0.25) is 0 Å². The second-order valence-electron chi connectivity index (χ2n) is 5.47. The zero-order valence-electron chi connectivity index (χ0n) is 11.0. The van der Waals surface area contributed by atoms with Gasteiger partial charge in [0.25, 0.3) is 0 Å². The number of rotatable bonds is 3. The number of carbonyl (C=O) groups excluding carboxylic acids is 1. The average molecular weight is 280 g/mol. The number of anilines is 1. The Labute approximate surface area is 117 Å². The predicted octanol–water partition coefficient (Wildman–Crippen LogP) is 1.49. The van der Waals surface area contributed by atoms with Crippen LogP contribution in [-0.4, -0.2) is 28.4 Å². The number of hydrogen-bond donors (Lipinski definition) is 2. The molecule has 1 amide bonds. The van der Waals surface area contributed by atoms with Gasteiger partial charge in [-0.05, 0) is 12.8 Å². The largest absolute Gasteiger partial charge is 0.375 e. The summed E-state index contributed by atoms with van der Waals surface area (Å²) in [6, 6.07) is 0.395. The summed E-state index contributed by atoms with van der Waals surface area (Å²) in [6.45, 7) is 2.03. The van der Waals surface area contributed by atoms with E-state index >= 15 is 0 Å². The van der Waals surface area contributed by atoms with Crippen molar-refractivity contribution in [2.75, 3.05) is 12.3 Å². The fourth-order valence-electron chi connectivity index (χ4n) is 2.96. The lowest BCUT2D eigenvalue weighted by atomic mass is 9.95. The first-order valence-electron chi connectivity index (χ1n) is 6.96. The summed E-state index contributed by atoms with van der Waals surface area (Å²) in [5.41, 5.74) is 6.72. The first kappa shape index (κ1) is 12.9. The van der Waals surface area contributed by atoms with Crippen LogP contribution in [0.4, 0.5) is 5.13 Å². The highest BCUT2D eigenvalue weighted by molar-refractivity contribution is 7.15. The number of nitrogens with one attached hydrogen (secondary N) is 1. The van der Waals surface area contributed by atoms with Gasteiger partial charge in [0, 0.05) is 24.0 Å². The van der Waals surface area contributed by atoms with Crippen LogP contribution in [0.25, 0.3) is 0 Å². The maximum Gasteiger partial charge on any atom is 0.234 e. The van der Waals surface area contributed by atoms with E-state index in [4.69, 9.17) is 5.73 Å². The highest BCUT2D eigenvalue weighted by Gasteiger charge is 2.25. The number of nitrogens with two attached hydrogens (primary N) is 1. The lowest BCUT2D eigenvalue weighted by Crippen LogP contribution is -2.41. The van der Waals surface area contributed by atoms with E-state index in [0.29, 0.717) is 17.7 Å². The van der Waals surface area contributed by atoms with Crippen LogP contribution in [0.15, 0.2) is 0 Å². The van der Waals surface area contributed by atoms with Crippen molar-refractivity contribution >= 4 is 22.4 Å². The van der Waals surface area contributed by atoms with Crippen molar-refractivity contribution in [2.24, 2.45) is 0 Å². The van der Waals surface area contributed by atoms with Gasteiger partial charge in [-0.1, -0.05) is 19.3 Å². The Morgan fingerprint density at radius 3 is 2.89 bits per heavy atom. The van der Waals surface area contributed by atoms with E-state index in [-0.39, 0.29) is 5.91 Å².